The Bertz CT molecular complexity index is 622. The third-order valence-corrected chi connectivity index (χ3v) is 3.14. The molecule has 0 saturated carbocycles. The molecule has 2 rings (SSSR count). The second-order valence-electron chi connectivity index (χ2n) is 4.54. The molecule has 6 heteroatoms. The first-order valence-corrected chi connectivity index (χ1v) is 7.08. The first-order valence-electron chi connectivity index (χ1n) is 6.70. The van der Waals surface area contributed by atoms with E-state index in [4.69, 9.17) is 16.3 Å². The van der Waals surface area contributed by atoms with Crippen molar-refractivity contribution in [2.45, 2.75) is 20.0 Å². The summed E-state index contributed by atoms with van der Waals surface area (Å²) in [6.07, 6.45) is 0.972. The van der Waals surface area contributed by atoms with Crippen LogP contribution in [0.3, 0.4) is 0 Å². The van der Waals surface area contributed by atoms with Gasteiger partial charge in [0.05, 0.1) is 10.7 Å². The molecule has 0 spiro atoms. The molecule has 0 bridgehead atoms. The average molecular weight is 310 g/mol. The lowest BCUT2D eigenvalue weighted by molar-refractivity contribution is 0.178. The third-order valence-electron chi connectivity index (χ3n) is 2.81. The van der Waals surface area contributed by atoms with Gasteiger partial charge in [-0.3, -0.25) is 0 Å². The normalized spacial score (nSPS) is 10.7. The van der Waals surface area contributed by atoms with Crippen LogP contribution in [-0.2, 0) is 11.3 Å². The van der Waals surface area contributed by atoms with Gasteiger partial charge in [0.15, 0.2) is 5.82 Å². The van der Waals surface area contributed by atoms with Crippen LogP contribution in [0.25, 0.3) is 11.3 Å². The van der Waals surface area contributed by atoms with E-state index >= 15 is 0 Å². The maximum atomic E-state index is 13.4. The number of benzene rings is 1. The summed E-state index contributed by atoms with van der Waals surface area (Å²) < 4.78 is 18.5. The van der Waals surface area contributed by atoms with E-state index in [0.29, 0.717) is 27.9 Å². The summed E-state index contributed by atoms with van der Waals surface area (Å²) >= 11 is 6.14. The fourth-order valence-corrected chi connectivity index (χ4v) is 2.08. The van der Waals surface area contributed by atoms with Gasteiger partial charge in [0.1, 0.15) is 18.2 Å². The summed E-state index contributed by atoms with van der Waals surface area (Å²) in [6, 6.07) is 5.96. The summed E-state index contributed by atoms with van der Waals surface area (Å²) in [6.45, 7) is 3.13. The molecule has 0 fully saturated rings. The maximum absolute atomic E-state index is 13.4. The van der Waals surface area contributed by atoms with Crippen molar-refractivity contribution in [2.24, 2.45) is 0 Å². The summed E-state index contributed by atoms with van der Waals surface area (Å²) in [7, 11) is 1.57. The van der Waals surface area contributed by atoms with Crippen LogP contribution < -0.4 is 5.32 Å². The van der Waals surface area contributed by atoms with Crippen molar-refractivity contribution in [1.29, 1.82) is 0 Å². The lowest BCUT2D eigenvalue weighted by Gasteiger charge is -2.10. The molecule has 112 valence electrons. The Kier molecular flexibility index (Phi) is 5.47. The van der Waals surface area contributed by atoms with Crippen molar-refractivity contribution in [3.8, 4) is 11.3 Å². The highest BCUT2D eigenvalue weighted by molar-refractivity contribution is 6.33. The van der Waals surface area contributed by atoms with Crippen molar-refractivity contribution in [1.82, 2.24) is 9.97 Å². The van der Waals surface area contributed by atoms with Gasteiger partial charge in [-0.05, 0) is 24.6 Å². The molecular formula is C15H17ClFN3O. The first kappa shape index (κ1) is 15.7. The summed E-state index contributed by atoms with van der Waals surface area (Å²) in [5.41, 5.74) is 1.11. The number of nitrogens with zero attached hydrogens (tertiary/aromatic N) is 2. The van der Waals surface area contributed by atoms with Crippen molar-refractivity contribution >= 4 is 17.4 Å². The van der Waals surface area contributed by atoms with Gasteiger partial charge in [-0.2, -0.15) is 0 Å². The topological polar surface area (TPSA) is 47.0 Å². The van der Waals surface area contributed by atoms with Gasteiger partial charge < -0.3 is 10.1 Å². The lowest BCUT2D eigenvalue weighted by Crippen LogP contribution is -2.07. The number of nitrogens with one attached hydrogen (secondary N) is 1. The second-order valence-corrected chi connectivity index (χ2v) is 4.95. The number of rotatable bonds is 6. The van der Waals surface area contributed by atoms with E-state index in [-0.39, 0.29) is 12.4 Å². The van der Waals surface area contributed by atoms with Gasteiger partial charge in [0.2, 0.25) is 0 Å². The predicted molar refractivity (Wildman–Crippen MR) is 81.9 cm³/mol. The smallest absolute Gasteiger partial charge is 0.157 e. The van der Waals surface area contributed by atoms with Crippen LogP contribution in [0.1, 0.15) is 19.2 Å². The molecule has 2 aromatic rings. The molecule has 0 saturated heterocycles. The van der Waals surface area contributed by atoms with E-state index in [0.717, 1.165) is 13.0 Å². The van der Waals surface area contributed by atoms with E-state index in [1.165, 1.54) is 18.2 Å². The van der Waals surface area contributed by atoms with Crippen molar-refractivity contribution in [2.75, 3.05) is 19.0 Å². The number of halogens is 2. The molecule has 0 amide bonds. The van der Waals surface area contributed by atoms with Crippen LogP contribution in [0, 0.1) is 5.82 Å². The zero-order valence-electron chi connectivity index (χ0n) is 12.0. The minimum atomic E-state index is -0.357. The average Bonchev–Trinajstić information content (AvgIpc) is 2.48. The summed E-state index contributed by atoms with van der Waals surface area (Å²) in [4.78, 5) is 8.73. The van der Waals surface area contributed by atoms with Crippen LogP contribution in [0.15, 0.2) is 24.3 Å². The Labute approximate surface area is 128 Å². The number of hydrogen-bond donors (Lipinski definition) is 1. The van der Waals surface area contributed by atoms with E-state index in [2.05, 4.69) is 22.2 Å². The number of ether oxygens (including phenoxy) is 1. The van der Waals surface area contributed by atoms with Gasteiger partial charge in [-0.25, -0.2) is 14.4 Å². The van der Waals surface area contributed by atoms with Crippen molar-refractivity contribution < 1.29 is 9.13 Å². The molecule has 21 heavy (non-hydrogen) atoms. The molecular weight excluding hydrogens is 293 g/mol. The molecule has 1 heterocycles. The third kappa shape index (κ3) is 4.12. The number of anilines is 1. The Morgan fingerprint density at radius 1 is 1.29 bits per heavy atom. The molecule has 0 aliphatic rings. The van der Waals surface area contributed by atoms with E-state index in [1.807, 2.05) is 0 Å². The highest BCUT2D eigenvalue weighted by Crippen LogP contribution is 2.28. The molecule has 1 N–H and O–H groups in total. The van der Waals surface area contributed by atoms with Crippen LogP contribution in [0.5, 0.6) is 0 Å². The Balaban J connectivity index is 2.45. The molecule has 1 aromatic carbocycles. The van der Waals surface area contributed by atoms with Gasteiger partial charge >= 0.3 is 0 Å². The van der Waals surface area contributed by atoms with E-state index < -0.39 is 0 Å². The Morgan fingerprint density at radius 2 is 2.10 bits per heavy atom. The fourth-order valence-electron chi connectivity index (χ4n) is 1.87. The largest absolute Gasteiger partial charge is 0.377 e. The van der Waals surface area contributed by atoms with Crippen LogP contribution in [-0.4, -0.2) is 23.6 Å². The summed E-state index contributed by atoms with van der Waals surface area (Å²) in [5, 5.41) is 3.64. The minimum absolute atomic E-state index is 0.279. The van der Waals surface area contributed by atoms with E-state index in [1.54, 1.807) is 13.2 Å². The number of methoxy groups -OCH3 is 1. The van der Waals surface area contributed by atoms with Crippen molar-refractivity contribution in [3.63, 3.8) is 0 Å². The zero-order valence-corrected chi connectivity index (χ0v) is 12.7. The number of aromatic nitrogens is 2. The van der Waals surface area contributed by atoms with Gasteiger partial charge in [0.25, 0.3) is 0 Å². The SMILES string of the molecule is CCCNc1cc(-c2cc(F)ccc2Cl)nc(COC)n1. The molecule has 4 nitrogen and oxygen atoms in total. The molecule has 0 aliphatic carbocycles. The Hall–Kier alpha value is -1.72. The highest BCUT2D eigenvalue weighted by atomic mass is 35.5. The number of hydrogen-bond acceptors (Lipinski definition) is 4. The van der Waals surface area contributed by atoms with Gasteiger partial charge in [-0.15, -0.1) is 0 Å². The molecule has 0 aliphatic heterocycles. The van der Waals surface area contributed by atoms with Crippen molar-refractivity contribution in [3.05, 3.63) is 40.9 Å². The molecule has 0 radical (unpaired) electrons. The minimum Gasteiger partial charge on any atom is -0.377 e. The summed E-state index contributed by atoms with van der Waals surface area (Å²) in [5.74, 6) is 0.840. The quantitative estimate of drug-likeness (QED) is 0.879. The van der Waals surface area contributed by atoms with Gasteiger partial charge in [0, 0.05) is 25.3 Å². The standard InChI is InChI=1S/C15H17ClFN3O/c1-3-6-18-14-8-13(19-15(20-14)9-21-2)11-7-10(17)4-5-12(11)16/h4-5,7-8H,3,6,9H2,1-2H3,(H,18,19,20). The second kappa shape index (κ2) is 7.33. The van der Waals surface area contributed by atoms with Gasteiger partial charge in [-0.1, -0.05) is 18.5 Å². The van der Waals surface area contributed by atoms with Crippen LogP contribution >= 0.6 is 11.6 Å². The van der Waals surface area contributed by atoms with E-state index in [9.17, 15) is 4.39 Å². The monoisotopic (exact) mass is 309 g/mol. The molecule has 0 atom stereocenters. The van der Waals surface area contributed by atoms with Crippen LogP contribution in [0.4, 0.5) is 10.2 Å². The van der Waals surface area contributed by atoms with Crippen LogP contribution in [0.2, 0.25) is 5.02 Å². The molecule has 1 aromatic heterocycles. The Morgan fingerprint density at radius 3 is 2.81 bits per heavy atom. The zero-order chi connectivity index (χ0) is 15.2. The predicted octanol–water partition coefficient (Wildman–Crippen LogP) is 3.90. The lowest BCUT2D eigenvalue weighted by atomic mass is 10.1. The highest BCUT2D eigenvalue weighted by Gasteiger charge is 2.11. The first-order chi connectivity index (χ1) is 10.1. The molecule has 0 unspecified atom stereocenters. The fraction of sp³-hybridized carbons (Fsp3) is 0.333. The maximum Gasteiger partial charge on any atom is 0.157 e.